The fourth-order valence-electron chi connectivity index (χ4n) is 5.29. The molecule has 1 nitrogen and oxygen atoms in total. The first kappa shape index (κ1) is 24.9. The van der Waals surface area contributed by atoms with E-state index in [1.807, 2.05) is 18.3 Å². The Kier molecular flexibility index (Phi) is 10.7. The lowest BCUT2D eigenvalue weighted by molar-refractivity contribution is 0.304. The van der Waals surface area contributed by atoms with Crippen molar-refractivity contribution in [2.45, 2.75) is 116 Å². The molecule has 2 heteroatoms. The van der Waals surface area contributed by atoms with Gasteiger partial charge >= 0.3 is 0 Å². The average molecular weight is 438 g/mol. The van der Waals surface area contributed by atoms with E-state index in [-0.39, 0.29) is 5.82 Å². The lowest BCUT2D eigenvalue weighted by Crippen LogP contribution is -2.13. The van der Waals surface area contributed by atoms with Crippen LogP contribution >= 0.6 is 0 Å². The molecule has 0 saturated heterocycles. The van der Waals surface area contributed by atoms with E-state index in [9.17, 15) is 4.39 Å². The van der Waals surface area contributed by atoms with Crippen molar-refractivity contribution in [3.05, 3.63) is 53.5 Å². The highest BCUT2D eigenvalue weighted by molar-refractivity contribution is 5.60. The molecule has 0 unspecified atom stereocenters. The number of nitrogens with zero attached hydrogens (tertiary/aromatic N) is 1. The molecule has 2 aromatic rings. The Balaban J connectivity index is 1.48. The van der Waals surface area contributed by atoms with Crippen LogP contribution in [0.4, 0.5) is 4.39 Å². The Morgan fingerprint density at radius 2 is 1.53 bits per heavy atom. The highest BCUT2D eigenvalue weighted by atomic mass is 19.1. The number of hydrogen-bond acceptors (Lipinski definition) is 1. The van der Waals surface area contributed by atoms with Crippen molar-refractivity contribution in [3.63, 3.8) is 0 Å². The first-order chi connectivity index (χ1) is 15.7. The maximum atomic E-state index is 14.8. The van der Waals surface area contributed by atoms with E-state index in [2.05, 4.69) is 31.0 Å². The molecule has 0 amide bonds. The third kappa shape index (κ3) is 7.71. The predicted octanol–water partition coefficient (Wildman–Crippen LogP) is 9.64. The van der Waals surface area contributed by atoms with Crippen LogP contribution in [0.15, 0.2) is 36.5 Å². The van der Waals surface area contributed by atoms with Crippen molar-refractivity contribution in [3.8, 4) is 11.3 Å². The highest BCUT2D eigenvalue weighted by Gasteiger charge is 2.22. The zero-order valence-electron chi connectivity index (χ0n) is 20.6. The van der Waals surface area contributed by atoms with Gasteiger partial charge in [0.2, 0.25) is 0 Å². The van der Waals surface area contributed by atoms with Gasteiger partial charge in [0, 0.05) is 11.8 Å². The molecule has 1 saturated carbocycles. The minimum atomic E-state index is -0.137. The van der Waals surface area contributed by atoms with Crippen LogP contribution in [-0.2, 0) is 6.42 Å². The van der Waals surface area contributed by atoms with E-state index < -0.39 is 0 Å². The number of hydrogen-bond donors (Lipinski definition) is 0. The number of aryl methyl sites for hydroxylation is 1. The van der Waals surface area contributed by atoms with E-state index in [4.69, 9.17) is 0 Å². The van der Waals surface area contributed by atoms with Gasteiger partial charge in [-0.2, -0.15) is 0 Å². The average Bonchev–Trinajstić information content (AvgIpc) is 2.83. The van der Waals surface area contributed by atoms with Gasteiger partial charge in [0.05, 0.1) is 5.69 Å². The molecule has 0 radical (unpaired) electrons. The summed E-state index contributed by atoms with van der Waals surface area (Å²) in [5, 5.41) is 0. The van der Waals surface area contributed by atoms with E-state index in [0.29, 0.717) is 11.5 Å². The monoisotopic (exact) mass is 437 g/mol. The molecule has 0 spiro atoms. The molecule has 0 aliphatic heterocycles. The summed E-state index contributed by atoms with van der Waals surface area (Å²) in [6.07, 6.45) is 21.3. The number of pyridine rings is 1. The molecule has 1 fully saturated rings. The Hall–Kier alpha value is -1.70. The van der Waals surface area contributed by atoms with Crippen molar-refractivity contribution >= 4 is 0 Å². The van der Waals surface area contributed by atoms with Crippen LogP contribution in [-0.4, -0.2) is 4.98 Å². The summed E-state index contributed by atoms with van der Waals surface area (Å²) in [7, 11) is 0. The van der Waals surface area contributed by atoms with Gasteiger partial charge in [-0.1, -0.05) is 83.8 Å². The van der Waals surface area contributed by atoms with Crippen LogP contribution in [0.1, 0.15) is 121 Å². The fourth-order valence-corrected chi connectivity index (χ4v) is 5.29. The molecule has 176 valence electrons. The van der Waals surface area contributed by atoms with E-state index in [1.54, 1.807) is 6.07 Å². The van der Waals surface area contributed by atoms with Crippen LogP contribution in [0.25, 0.3) is 11.3 Å². The molecular weight excluding hydrogens is 393 g/mol. The Morgan fingerprint density at radius 3 is 2.19 bits per heavy atom. The van der Waals surface area contributed by atoms with Gasteiger partial charge in [-0.25, -0.2) is 4.39 Å². The lowest BCUT2D eigenvalue weighted by atomic mass is 9.77. The third-order valence-electron chi connectivity index (χ3n) is 7.45. The number of rotatable bonds is 13. The van der Waals surface area contributed by atoms with Gasteiger partial charge in [0.1, 0.15) is 5.82 Å². The molecule has 32 heavy (non-hydrogen) atoms. The van der Waals surface area contributed by atoms with Crippen LogP contribution < -0.4 is 0 Å². The summed E-state index contributed by atoms with van der Waals surface area (Å²) in [5.41, 5.74) is 3.82. The molecule has 1 aliphatic carbocycles. The van der Waals surface area contributed by atoms with Crippen molar-refractivity contribution in [2.75, 3.05) is 0 Å². The lowest BCUT2D eigenvalue weighted by Gasteiger charge is -2.28. The van der Waals surface area contributed by atoms with Crippen LogP contribution in [0.5, 0.6) is 0 Å². The van der Waals surface area contributed by atoms with Crippen molar-refractivity contribution < 1.29 is 4.39 Å². The van der Waals surface area contributed by atoms with Gasteiger partial charge in [0.25, 0.3) is 0 Å². The van der Waals surface area contributed by atoms with Gasteiger partial charge < -0.3 is 0 Å². The van der Waals surface area contributed by atoms with Gasteiger partial charge in [-0.05, 0) is 79.7 Å². The second-order valence-corrected chi connectivity index (χ2v) is 10.0. The number of aromatic nitrogens is 1. The number of benzene rings is 1. The maximum absolute atomic E-state index is 14.8. The van der Waals surface area contributed by atoms with Crippen LogP contribution in [0, 0.1) is 11.7 Å². The molecule has 1 aliphatic rings. The maximum Gasteiger partial charge on any atom is 0.132 e. The highest BCUT2D eigenvalue weighted by Crippen LogP contribution is 2.38. The summed E-state index contributed by atoms with van der Waals surface area (Å²) < 4.78 is 14.8. The van der Waals surface area contributed by atoms with Crippen molar-refractivity contribution in [1.82, 2.24) is 4.98 Å². The smallest absolute Gasteiger partial charge is 0.132 e. The zero-order valence-corrected chi connectivity index (χ0v) is 20.6. The summed E-state index contributed by atoms with van der Waals surface area (Å²) in [6, 6.07) is 9.94. The number of halogens is 1. The molecule has 1 aromatic carbocycles. The van der Waals surface area contributed by atoms with Crippen molar-refractivity contribution in [2.24, 2.45) is 5.92 Å². The summed E-state index contributed by atoms with van der Waals surface area (Å²) in [6.45, 7) is 4.54. The van der Waals surface area contributed by atoms with E-state index in [1.165, 1.54) is 89.0 Å². The Bertz CT molecular complexity index is 774. The van der Waals surface area contributed by atoms with E-state index >= 15 is 0 Å². The van der Waals surface area contributed by atoms with Gasteiger partial charge in [0.15, 0.2) is 0 Å². The first-order valence-corrected chi connectivity index (χ1v) is 13.5. The zero-order chi connectivity index (χ0) is 22.6. The van der Waals surface area contributed by atoms with Crippen molar-refractivity contribution in [1.29, 1.82) is 0 Å². The normalized spacial score (nSPS) is 18.7. The Morgan fingerprint density at radius 1 is 0.812 bits per heavy atom. The van der Waals surface area contributed by atoms with Gasteiger partial charge in [-0.3, -0.25) is 4.98 Å². The minimum absolute atomic E-state index is 0.137. The quantitative estimate of drug-likeness (QED) is 0.284. The first-order valence-electron chi connectivity index (χ1n) is 13.5. The second-order valence-electron chi connectivity index (χ2n) is 10.0. The molecule has 1 heterocycles. The molecule has 0 atom stereocenters. The van der Waals surface area contributed by atoms with Gasteiger partial charge in [-0.15, -0.1) is 0 Å². The summed E-state index contributed by atoms with van der Waals surface area (Å²) in [5.74, 6) is 1.41. The standard InChI is InChI=1S/C30H44FN/c1-3-5-7-8-9-10-11-13-25-16-20-28(29(31)22-25)30-21-19-27(23-32-30)26-17-14-24(15-18-26)12-6-4-2/h16,19-24,26H,3-15,17-18H2,1-2H3. The molecule has 0 N–H and O–H groups in total. The molecule has 1 aromatic heterocycles. The van der Waals surface area contributed by atoms with Crippen LogP contribution in [0.2, 0.25) is 0 Å². The number of unbranched alkanes of at least 4 members (excludes halogenated alkanes) is 7. The largest absolute Gasteiger partial charge is 0.256 e. The molecule has 0 bridgehead atoms. The SMILES string of the molecule is CCCCCCCCCc1ccc(-c2ccc(C3CCC(CCCC)CC3)cn2)c(F)c1. The third-order valence-corrected chi connectivity index (χ3v) is 7.45. The van der Waals surface area contributed by atoms with Crippen LogP contribution in [0.3, 0.4) is 0 Å². The minimum Gasteiger partial charge on any atom is -0.256 e. The fraction of sp³-hybridized carbons (Fsp3) is 0.633. The topological polar surface area (TPSA) is 12.9 Å². The Labute approximate surface area is 196 Å². The summed E-state index contributed by atoms with van der Waals surface area (Å²) in [4.78, 5) is 4.65. The molecular formula is C30H44FN. The second kappa shape index (κ2) is 13.8. The predicted molar refractivity (Wildman–Crippen MR) is 136 cm³/mol. The summed E-state index contributed by atoms with van der Waals surface area (Å²) >= 11 is 0. The van der Waals surface area contributed by atoms with E-state index in [0.717, 1.165) is 30.0 Å². The molecule has 3 rings (SSSR count).